The number of carboxylic acid groups (broad SMARTS) is 1. The number of carbonyl (C=O) groups is 4. The minimum atomic E-state index is -1.83. The Hall–Kier alpha value is -2.03. The molecule has 154 valence electrons. The predicted molar refractivity (Wildman–Crippen MR) is 105 cm³/mol. The van der Waals surface area contributed by atoms with Crippen molar-refractivity contribution in [3.05, 3.63) is 29.3 Å². The Labute approximate surface area is 176 Å². The number of hydrogen-bond donors (Lipinski definition) is 3. The number of amides is 2. The van der Waals surface area contributed by atoms with Crippen LogP contribution in [-0.4, -0.2) is 45.3 Å². The van der Waals surface area contributed by atoms with E-state index in [2.05, 4.69) is 15.4 Å². The van der Waals surface area contributed by atoms with Gasteiger partial charge in [-0.1, -0.05) is 34.8 Å². The van der Waals surface area contributed by atoms with E-state index in [1.54, 1.807) is 25.1 Å². The molecule has 1 unspecified atom stereocenters. The van der Waals surface area contributed by atoms with Gasteiger partial charge < -0.3 is 20.5 Å². The first-order valence-corrected chi connectivity index (χ1v) is 9.16. The van der Waals surface area contributed by atoms with Gasteiger partial charge in [-0.15, -0.1) is 0 Å². The third-order valence-electron chi connectivity index (χ3n) is 3.46. The molecule has 28 heavy (non-hydrogen) atoms. The standard InChI is InChI=1S/C17H19Cl3N2O6/c1-9-7-11(21-10(2)23)3-4-12(9)14(24)6-5-13(15(25)26)22-16(27)28-8-17(18,19)20/h3-4,7,13H,5-6,8H2,1-2H3,(H,21,23)(H,22,27)(H,25,26). The molecule has 1 aromatic carbocycles. The molecule has 0 aromatic heterocycles. The molecule has 0 radical (unpaired) electrons. The summed E-state index contributed by atoms with van der Waals surface area (Å²) < 4.78 is 2.79. The van der Waals surface area contributed by atoms with Crippen LogP contribution < -0.4 is 10.6 Å². The van der Waals surface area contributed by atoms with Crippen LogP contribution in [0.5, 0.6) is 0 Å². The van der Waals surface area contributed by atoms with Gasteiger partial charge in [0, 0.05) is 24.6 Å². The van der Waals surface area contributed by atoms with Crippen molar-refractivity contribution in [3.8, 4) is 0 Å². The summed E-state index contributed by atoms with van der Waals surface area (Å²) in [4.78, 5) is 46.4. The SMILES string of the molecule is CC(=O)Nc1ccc(C(=O)CCC(NC(=O)OCC(Cl)(Cl)Cl)C(=O)O)c(C)c1. The number of ether oxygens (including phenoxy) is 1. The number of carbonyl (C=O) groups excluding carboxylic acids is 3. The number of alkyl halides is 3. The monoisotopic (exact) mass is 452 g/mol. The highest BCUT2D eigenvalue weighted by molar-refractivity contribution is 6.67. The van der Waals surface area contributed by atoms with Crippen molar-refractivity contribution in [3.63, 3.8) is 0 Å². The number of aryl methyl sites for hydroxylation is 1. The number of nitrogens with one attached hydrogen (secondary N) is 2. The van der Waals surface area contributed by atoms with E-state index >= 15 is 0 Å². The fourth-order valence-corrected chi connectivity index (χ4v) is 2.42. The predicted octanol–water partition coefficient (Wildman–Crippen LogP) is 3.47. The van der Waals surface area contributed by atoms with Crippen molar-refractivity contribution in [2.45, 2.75) is 36.5 Å². The number of ketones is 1. The molecule has 3 N–H and O–H groups in total. The Balaban J connectivity index is 2.68. The Bertz CT molecular complexity index is 764. The number of Topliss-reactive ketones (excluding diaryl/α,β-unsaturated/α-hetero) is 1. The summed E-state index contributed by atoms with van der Waals surface area (Å²) in [7, 11) is 0. The van der Waals surface area contributed by atoms with E-state index in [4.69, 9.17) is 34.8 Å². The number of halogens is 3. The number of carboxylic acids is 1. The van der Waals surface area contributed by atoms with Gasteiger partial charge >= 0.3 is 12.1 Å². The maximum Gasteiger partial charge on any atom is 0.407 e. The first-order chi connectivity index (χ1) is 12.9. The van der Waals surface area contributed by atoms with Crippen molar-refractivity contribution in [2.75, 3.05) is 11.9 Å². The zero-order valence-corrected chi connectivity index (χ0v) is 17.3. The molecule has 0 saturated carbocycles. The van der Waals surface area contributed by atoms with Crippen molar-refractivity contribution in [1.82, 2.24) is 5.32 Å². The summed E-state index contributed by atoms with van der Waals surface area (Å²) in [5.41, 5.74) is 1.55. The number of hydrogen-bond acceptors (Lipinski definition) is 5. The molecular weight excluding hydrogens is 435 g/mol. The molecule has 1 atom stereocenters. The van der Waals surface area contributed by atoms with E-state index in [-0.39, 0.29) is 24.5 Å². The van der Waals surface area contributed by atoms with Crippen molar-refractivity contribution in [2.24, 2.45) is 0 Å². The van der Waals surface area contributed by atoms with Gasteiger partial charge in [-0.05, 0) is 37.1 Å². The highest BCUT2D eigenvalue weighted by atomic mass is 35.6. The number of aliphatic carboxylic acids is 1. The Kier molecular flexibility index (Phi) is 9.00. The van der Waals surface area contributed by atoms with E-state index in [0.717, 1.165) is 0 Å². The number of benzene rings is 1. The van der Waals surface area contributed by atoms with Crippen LogP contribution in [0.4, 0.5) is 10.5 Å². The van der Waals surface area contributed by atoms with Gasteiger partial charge in [-0.2, -0.15) is 0 Å². The van der Waals surface area contributed by atoms with E-state index < -0.39 is 28.5 Å². The minimum Gasteiger partial charge on any atom is -0.480 e. The molecule has 1 aromatic rings. The Morgan fingerprint density at radius 3 is 2.36 bits per heavy atom. The molecule has 0 aliphatic heterocycles. The Morgan fingerprint density at radius 1 is 1.21 bits per heavy atom. The second-order valence-corrected chi connectivity index (χ2v) is 8.42. The van der Waals surface area contributed by atoms with Crippen LogP contribution in [0.15, 0.2) is 18.2 Å². The van der Waals surface area contributed by atoms with Gasteiger partial charge in [0.05, 0.1) is 0 Å². The maximum atomic E-state index is 12.4. The molecule has 0 heterocycles. The van der Waals surface area contributed by atoms with E-state index in [9.17, 15) is 24.3 Å². The largest absolute Gasteiger partial charge is 0.480 e. The molecule has 2 amide bonds. The highest BCUT2D eigenvalue weighted by Crippen LogP contribution is 2.26. The van der Waals surface area contributed by atoms with Crippen molar-refractivity contribution < 1.29 is 29.0 Å². The minimum absolute atomic E-state index is 0.137. The van der Waals surface area contributed by atoms with Crippen LogP contribution in [0.2, 0.25) is 0 Å². The van der Waals surface area contributed by atoms with Gasteiger partial charge in [0.25, 0.3) is 0 Å². The van der Waals surface area contributed by atoms with Gasteiger partial charge in [-0.25, -0.2) is 9.59 Å². The van der Waals surface area contributed by atoms with Crippen LogP contribution >= 0.6 is 34.8 Å². The molecule has 0 aliphatic rings. The average Bonchev–Trinajstić information content (AvgIpc) is 2.55. The third-order valence-corrected chi connectivity index (χ3v) is 3.79. The van der Waals surface area contributed by atoms with Crippen LogP contribution in [0.1, 0.15) is 35.7 Å². The van der Waals surface area contributed by atoms with E-state index in [1.807, 2.05) is 0 Å². The lowest BCUT2D eigenvalue weighted by molar-refractivity contribution is -0.139. The van der Waals surface area contributed by atoms with Crippen molar-refractivity contribution in [1.29, 1.82) is 0 Å². The molecule has 0 aliphatic carbocycles. The zero-order valence-electron chi connectivity index (χ0n) is 15.1. The fourth-order valence-electron chi connectivity index (χ4n) is 2.26. The number of anilines is 1. The van der Waals surface area contributed by atoms with Crippen LogP contribution in [0, 0.1) is 6.92 Å². The molecule has 0 saturated heterocycles. The molecule has 8 nitrogen and oxygen atoms in total. The van der Waals surface area contributed by atoms with Crippen LogP contribution in [0.3, 0.4) is 0 Å². The summed E-state index contributed by atoms with van der Waals surface area (Å²) >= 11 is 16.3. The van der Waals surface area contributed by atoms with Crippen molar-refractivity contribution >= 4 is 64.2 Å². The molecule has 1 rings (SSSR count). The topological polar surface area (TPSA) is 122 Å². The summed E-state index contributed by atoms with van der Waals surface area (Å²) in [6.07, 6.45) is -1.38. The summed E-state index contributed by atoms with van der Waals surface area (Å²) in [6.45, 7) is 2.50. The molecular formula is C17H19Cl3N2O6. The number of alkyl carbamates (subject to hydrolysis) is 1. The quantitative estimate of drug-likeness (QED) is 0.409. The summed E-state index contributed by atoms with van der Waals surface area (Å²) in [5.74, 6) is -1.89. The molecule has 0 fully saturated rings. The van der Waals surface area contributed by atoms with Gasteiger partial charge in [0.15, 0.2) is 5.78 Å². The molecule has 11 heteroatoms. The lowest BCUT2D eigenvalue weighted by Gasteiger charge is -2.16. The van der Waals surface area contributed by atoms with Gasteiger partial charge in [0.1, 0.15) is 12.6 Å². The third kappa shape index (κ3) is 8.77. The van der Waals surface area contributed by atoms with Crippen LogP contribution in [-0.2, 0) is 14.3 Å². The smallest absolute Gasteiger partial charge is 0.407 e. The second kappa shape index (κ2) is 10.5. The zero-order chi connectivity index (χ0) is 21.5. The van der Waals surface area contributed by atoms with Gasteiger partial charge in [-0.3, -0.25) is 9.59 Å². The lowest BCUT2D eigenvalue weighted by Crippen LogP contribution is -2.42. The maximum absolute atomic E-state index is 12.4. The molecule has 0 spiro atoms. The fraction of sp³-hybridized carbons (Fsp3) is 0.412. The average molecular weight is 454 g/mol. The summed E-state index contributed by atoms with van der Waals surface area (Å²) in [5, 5.41) is 13.9. The first-order valence-electron chi connectivity index (χ1n) is 8.03. The van der Waals surface area contributed by atoms with Gasteiger partial charge in [0.2, 0.25) is 9.70 Å². The second-order valence-electron chi connectivity index (χ2n) is 5.90. The highest BCUT2D eigenvalue weighted by Gasteiger charge is 2.26. The van der Waals surface area contributed by atoms with E-state index in [1.165, 1.54) is 6.92 Å². The van der Waals surface area contributed by atoms with Crippen LogP contribution in [0.25, 0.3) is 0 Å². The molecule has 0 bridgehead atoms. The summed E-state index contributed by atoms with van der Waals surface area (Å²) in [6, 6.07) is 3.39. The first kappa shape index (κ1) is 24.0. The lowest BCUT2D eigenvalue weighted by atomic mass is 9.99. The number of rotatable bonds is 8. The van der Waals surface area contributed by atoms with E-state index in [0.29, 0.717) is 16.8 Å². The normalized spacial score (nSPS) is 12.0. The Morgan fingerprint density at radius 2 is 1.86 bits per heavy atom.